The molecule has 2 heterocycles. The van der Waals surface area contributed by atoms with Crippen molar-refractivity contribution in [3.05, 3.63) is 10.2 Å². The van der Waals surface area contributed by atoms with Crippen LogP contribution in [0.4, 0.5) is 5.82 Å². The van der Waals surface area contributed by atoms with E-state index in [9.17, 15) is 0 Å². The molecule has 0 spiro atoms. The van der Waals surface area contributed by atoms with E-state index in [0.29, 0.717) is 18.5 Å². The Morgan fingerprint density at radius 2 is 2.40 bits per heavy atom. The lowest BCUT2D eigenvalue weighted by Gasteiger charge is -2.24. The van der Waals surface area contributed by atoms with Crippen molar-refractivity contribution in [3.63, 3.8) is 0 Å². The van der Waals surface area contributed by atoms with Gasteiger partial charge in [0, 0.05) is 13.1 Å². The van der Waals surface area contributed by atoms with Crippen LogP contribution in [0, 0.1) is 0 Å². The fourth-order valence-corrected chi connectivity index (χ4v) is 2.78. The topological polar surface area (TPSA) is 55.9 Å². The molecule has 1 aromatic heterocycles. The van der Waals surface area contributed by atoms with Crippen LogP contribution in [-0.2, 0) is 0 Å². The maximum atomic E-state index is 5.75. The molecule has 0 fully saturated rings. The predicted octanol–water partition coefficient (Wildman–Crippen LogP) is 2.08. The highest BCUT2D eigenvalue weighted by Gasteiger charge is 2.25. The van der Waals surface area contributed by atoms with Crippen LogP contribution in [0.5, 0.6) is 0 Å². The summed E-state index contributed by atoms with van der Waals surface area (Å²) in [5, 5.41) is 8.00. The minimum absolute atomic E-state index is 0.338. The van der Waals surface area contributed by atoms with Gasteiger partial charge in [0.2, 0.25) is 0 Å². The molecular formula is C10H17BrN4. The first-order valence-electron chi connectivity index (χ1n) is 5.37. The van der Waals surface area contributed by atoms with Crippen molar-refractivity contribution in [2.45, 2.75) is 32.2 Å². The van der Waals surface area contributed by atoms with Crippen LogP contribution >= 0.6 is 15.9 Å². The fourth-order valence-electron chi connectivity index (χ4n) is 1.92. The Hall–Kier alpha value is -0.550. The number of aromatic nitrogens is 2. The third-order valence-electron chi connectivity index (χ3n) is 2.81. The molecule has 0 aliphatic carbocycles. The van der Waals surface area contributed by atoms with Crippen molar-refractivity contribution < 1.29 is 0 Å². The lowest BCUT2D eigenvalue weighted by Crippen LogP contribution is -2.28. The lowest BCUT2D eigenvalue weighted by molar-refractivity contribution is 0.423. The minimum Gasteiger partial charge on any atom is -0.369 e. The first-order chi connectivity index (χ1) is 7.15. The second kappa shape index (κ2) is 4.14. The first kappa shape index (κ1) is 11.0. The molecule has 5 heteroatoms. The van der Waals surface area contributed by atoms with Crippen LogP contribution in [0.25, 0.3) is 0 Å². The van der Waals surface area contributed by atoms with Gasteiger partial charge in [-0.15, -0.1) is 0 Å². The van der Waals surface area contributed by atoms with Crippen molar-refractivity contribution in [2.24, 2.45) is 5.73 Å². The SMILES string of the molecule is CC(C)c1nn2c(c1Br)NCCC2CN. The van der Waals surface area contributed by atoms with E-state index in [1.54, 1.807) is 0 Å². The molecule has 4 nitrogen and oxygen atoms in total. The Labute approximate surface area is 98.3 Å². The second-order valence-electron chi connectivity index (χ2n) is 4.25. The molecule has 0 bridgehead atoms. The normalized spacial score (nSPS) is 20.2. The van der Waals surface area contributed by atoms with E-state index in [1.807, 2.05) is 4.68 Å². The van der Waals surface area contributed by atoms with Crippen molar-refractivity contribution in [2.75, 3.05) is 18.4 Å². The molecule has 1 aliphatic heterocycles. The van der Waals surface area contributed by atoms with Crippen molar-refractivity contribution in [1.29, 1.82) is 0 Å². The van der Waals surface area contributed by atoms with Crippen LogP contribution in [0.15, 0.2) is 4.47 Å². The quantitative estimate of drug-likeness (QED) is 0.867. The second-order valence-corrected chi connectivity index (χ2v) is 5.05. The zero-order valence-corrected chi connectivity index (χ0v) is 10.7. The summed E-state index contributed by atoms with van der Waals surface area (Å²) >= 11 is 3.61. The predicted molar refractivity (Wildman–Crippen MR) is 65.2 cm³/mol. The molecule has 0 aromatic carbocycles. The Kier molecular flexibility index (Phi) is 3.02. The van der Waals surface area contributed by atoms with Gasteiger partial charge in [0.1, 0.15) is 5.82 Å². The largest absolute Gasteiger partial charge is 0.369 e. The number of nitrogens with one attached hydrogen (secondary N) is 1. The van der Waals surface area contributed by atoms with E-state index in [1.165, 1.54) is 0 Å². The molecule has 2 rings (SSSR count). The number of nitrogens with zero attached hydrogens (tertiary/aromatic N) is 2. The zero-order valence-electron chi connectivity index (χ0n) is 9.13. The first-order valence-corrected chi connectivity index (χ1v) is 6.16. The van der Waals surface area contributed by atoms with Gasteiger partial charge in [-0.25, -0.2) is 4.68 Å². The van der Waals surface area contributed by atoms with Crippen molar-refractivity contribution >= 4 is 21.7 Å². The lowest BCUT2D eigenvalue weighted by atomic mass is 10.1. The van der Waals surface area contributed by atoms with Gasteiger partial charge in [0.05, 0.1) is 16.2 Å². The van der Waals surface area contributed by atoms with Crippen LogP contribution in [0.2, 0.25) is 0 Å². The highest BCUT2D eigenvalue weighted by molar-refractivity contribution is 9.10. The summed E-state index contributed by atoms with van der Waals surface area (Å²) in [6.45, 7) is 5.93. The monoisotopic (exact) mass is 272 g/mol. The van der Waals surface area contributed by atoms with Gasteiger partial charge in [-0.05, 0) is 28.3 Å². The van der Waals surface area contributed by atoms with E-state index in [4.69, 9.17) is 5.73 Å². The molecule has 0 amide bonds. The Balaban J connectivity index is 2.45. The summed E-state index contributed by atoms with van der Waals surface area (Å²) in [4.78, 5) is 0. The molecule has 1 aromatic rings. The van der Waals surface area contributed by atoms with Crippen LogP contribution < -0.4 is 11.1 Å². The standard InChI is InChI=1S/C10H17BrN4/c1-6(2)9-8(11)10-13-4-3-7(5-12)15(10)14-9/h6-7,13H,3-5,12H2,1-2H3. The number of hydrogen-bond acceptors (Lipinski definition) is 3. The summed E-state index contributed by atoms with van der Waals surface area (Å²) in [6.07, 6.45) is 1.05. The van der Waals surface area contributed by atoms with E-state index in [2.05, 4.69) is 40.2 Å². The number of rotatable bonds is 2. The number of hydrogen-bond donors (Lipinski definition) is 2. The van der Waals surface area contributed by atoms with Gasteiger partial charge >= 0.3 is 0 Å². The van der Waals surface area contributed by atoms with E-state index < -0.39 is 0 Å². The van der Waals surface area contributed by atoms with E-state index in [0.717, 1.165) is 29.0 Å². The molecule has 15 heavy (non-hydrogen) atoms. The average molecular weight is 273 g/mol. The van der Waals surface area contributed by atoms with Crippen molar-refractivity contribution in [3.8, 4) is 0 Å². The molecule has 1 aliphatic rings. The number of fused-ring (bicyclic) bond motifs is 1. The number of nitrogens with two attached hydrogens (primary N) is 1. The maximum absolute atomic E-state index is 5.75. The van der Waals surface area contributed by atoms with Gasteiger partial charge < -0.3 is 11.1 Å². The van der Waals surface area contributed by atoms with Gasteiger partial charge in [-0.3, -0.25) is 0 Å². The molecule has 0 saturated heterocycles. The van der Waals surface area contributed by atoms with E-state index >= 15 is 0 Å². The number of anilines is 1. The Bertz CT molecular complexity index is 359. The summed E-state index contributed by atoms with van der Waals surface area (Å²) in [6, 6.07) is 0.338. The van der Waals surface area contributed by atoms with Crippen LogP contribution in [0.1, 0.15) is 37.9 Å². The molecule has 3 N–H and O–H groups in total. The molecule has 0 saturated carbocycles. The molecule has 1 atom stereocenters. The van der Waals surface area contributed by atoms with Gasteiger partial charge in [-0.1, -0.05) is 13.8 Å². The molecule has 84 valence electrons. The molecule has 0 radical (unpaired) electrons. The summed E-state index contributed by atoms with van der Waals surface area (Å²) in [5.74, 6) is 1.51. The molecule has 1 unspecified atom stereocenters. The van der Waals surface area contributed by atoms with Crippen LogP contribution in [-0.4, -0.2) is 22.9 Å². The Morgan fingerprint density at radius 1 is 1.67 bits per heavy atom. The maximum Gasteiger partial charge on any atom is 0.139 e. The summed E-state index contributed by atoms with van der Waals surface area (Å²) < 4.78 is 3.12. The fraction of sp³-hybridized carbons (Fsp3) is 0.700. The van der Waals surface area contributed by atoms with Gasteiger partial charge in [0.15, 0.2) is 0 Å². The van der Waals surface area contributed by atoms with Crippen molar-refractivity contribution in [1.82, 2.24) is 9.78 Å². The highest BCUT2D eigenvalue weighted by Crippen LogP contribution is 2.35. The third kappa shape index (κ3) is 1.78. The number of halogens is 1. The summed E-state index contributed by atoms with van der Waals surface area (Å²) in [5.41, 5.74) is 6.86. The van der Waals surface area contributed by atoms with E-state index in [-0.39, 0.29) is 0 Å². The highest BCUT2D eigenvalue weighted by atomic mass is 79.9. The molecular weight excluding hydrogens is 256 g/mol. The zero-order chi connectivity index (χ0) is 11.0. The van der Waals surface area contributed by atoms with Crippen LogP contribution in [0.3, 0.4) is 0 Å². The smallest absolute Gasteiger partial charge is 0.139 e. The van der Waals surface area contributed by atoms with Gasteiger partial charge in [-0.2, -0.15) is 5.10 Å². The average Bonchev–Trinajstić information content (AvgIpc) is 2.56. The Morgan fingerprint density at radius 3 is 3.00 bits per heavy atom. The minimum atomic E-state index is 0.338. The summed E-state index contributed by atoms with van der Waals surface area (Å²) in [7, 11) is 0. The van der Waals surface area contributed by atoms with Gasteiger partial charge in [0.25, 0.3) is 0 Å². The third-order valence-corrected chi connectivity index (χ3v) is 3.59.